The molecule has 0 saturated heterocycles. The lowest BCUT2D eigenvalue weighted by Crippen LogP contribution is -2.16. The first-order valence-corrected chi connectivity index (χ1v) is 8.39. The van der Waals surface area contributed by atoms with Crippen LogP contribution < -0.4 is 0 Å². The average molecular weight is 279 g/mol. The van der Waals surface area contributed by atoms with E-state index in [0.717, 1.165) is 19.4 Å². The zero-order chi connectivity index (χ0) is 15.0. The summed E-state index contributed by atoms with van der Waals surface area (Å²) < 4.78 is 2.17. The molecular formula is C17H33N3. The van der Waals surface area contributed by atoms with Crippen LogP contribution in [0.5, 0.6) is 0 Å². The standard InChI is InChI=1S/C17H33N3/c1-6-8-10-11-13-20-16(14-17(3,4)5)15(18-19-20)12-9-7-2/h6-14H2,1-5H3. The molecule has 3 nitrogen and oxygen atoms in total. The summed E-state index contributed by atoms with van der Waals surface area (Å²) in [6.45, 7) is 12.4. The molecule has 1 aromatic heterocycles. The average Bonchev–Trinajstić information content (AvgIpc) is 2.73. The number of unbranched alkanes of at least 4 members (excludes halogenated alkanes) is 4. The van der Waals surface area contributed by atoms with Crippen LogP contribution >= 0.6 is 0 Å². The van der Waals surface area contributed by atoms with Crippen molar-refractivity contribution in [1.29, 1.82) is 0 Å². The lowest BCUT2D eigenvalue weighted by molar-refractivity contribution is 0.387. The van der Waals surface area contributed by atoms with E-state index in [1.54, 1.807) is 0 Å². The molecule has 0 aliphatic carbocycles. The second-order valence-electron chi connectivity index (χ2n) is 7.11. The second kappa shape index (κ2) is 8.43. The van der Waals surface area contributed by atoms with Crippen molar-refractivity contribution in [3.63, 3.8) is 0 Å². The van der Waals surface area contributed by atoms with Gasteiger partial charge in [0, 0.05) is 6.54 Å². The molecule has 1 rings (SSSR count). The van der Waals surface area contributed by atoms with Crippen LogP contribution in [-0.4, -0.2) is 15.0 Å². The molecule has 0 unspecified atom stereocenters. The summed E-state index contributed by atoms with van der Waals surface area (Å²) in [5, 5.41) is 8.87. The van der Waals surface area contributed by atoms with Crippen molar-refractivity contribution in [2.75, 3.05) is 0 Å². The summed E-state index contributed by atoms with van der Waals surface area (Å²) >= 11 is 0. The Morgan fingerprint density at radius 3 is 2.25 bits per heavy atom. The van der Waals surface area contributed by atoms with Gasteiger partial charge in [-0.1, -0.05) is 65.5 Å². The van der Waals surface area contributed by atoms with Crippen LogP contribution in [0.4, 0.5) is 0 Å². The summed E-state index contributed by atoms with van der Waals surface area (Å²) in [4.78, 5) is 0. The molecule has 0 fully saturated rings. The molecule has 0 aliphatic heterocycles. The van der Waals surface area contributed by atoms with E-state index >= 15 is 0 Å². The highest BCUT2D eigenvalue weighted by molar-refractivity contribution is 5.12. The smallest absolute Gasteiger partial charge is 0.0859 e. The van der Waals surface area contributed by atoms with Gasteiger partial charge in [0.15, 0.2) is 0 Å². The predicted octanol–water partition coefficient (Wildman–Crippen LogP) is 4.79. The maximum absolute atomic E-state index is 4.45. The van der Waals surface area contributed by atoms with E-state index < -0.39 is 0 Å². The molecule has 0 N–H and O–H groups in total. The molecule has 0 radical (unpaired) electrons. The molecule has 0 spiro atoms. The van der Waals surface area contributed by atoms with Gasteiger partial charge in [0.1, 0.15) is 0 Å². The number of hydrogen-bond donors (Lipinski definition) is 0. The number of nitrogens with zero attached hydrogens (tertiary/aromatic N) is 3. The van der Waals surface area contributed by atoms with Gasteiger partial charge in [-0.25, -0.2) is 4.68 Å². The molecule has 116 valence electrons. The molecule has 0 aromatic carbocycles. The molecule has 0 atom stereocenters. The predicted molar refractivity (Wildman–Crippen MR) is 85.9 cm³/mol. The quantitative estimate of drug-likeness (QED) is 0.608. The third-order valence-electron chi connectivity index (χ3n) is 3.61. The number of aryl methyl sites for hydroxylation is 2. The highest BCUT2D eigenvalue weighted by atomic mass is 15.4. The summed E-state index contributed by atoms with van der Waals surface area (Å²) in [6, 6.07) is 0. The SMILES string of the molecule is CCCCCCn1nnc(CCCC)c1CC(C)(C)C. The van der Waals surface area contributed by atoms with E-state index in [4.69, 9.17) is 0 Å². The van der Waals surface area contributed by atoms with E-state index in [2.05, 4.69) is 49.6 Å². The van der Waals surface area contributed by atoms with E-state index in [1.807, 2.05) is 0 Å². The van der Waals surface area contributed by atoms with Crippen LogP contribution in [0.3, 0.4) is 0 Å². The fraction of sp³-hybridized carbons (Fsp3) is 0.882. The molecule has 1 heterocycles. The maximum atomic E-state index is 4.45. The molecule has 0 amide bonds. The van der Waals surface area contributed by atoms with Crippen LogP contribution in [0.25, 0.3) is 0 Å². The third-order valence-corrected chi connectivity index (χ3v) is 3.61. The minimum atomic E-state index is 0.295. The van der Waals surface area contributed by atoms with Gasteiger partial charge in [-0.15, -0.1) is 5.10 Å². The Morgan fingerprint density at radius 1 is 0.950 bits per heavy atom. The summed E-state index contributed by atoms with van der Waals surface area (Å²) in [6.07, 6.45) is 9.73. The zero-order valence-corrected chi connectivity index (χ0v) is 14.2. The largest absolute Gasteiger partial charge is 0.249 e. The van der Waals surface area contributed by atoms with E-state index in [-0.39, 0.29) is 0 Å². The molecule has 3 heteroatoms. The Hall–Kier alpha value is -0.860. The van der Waals surface area contributed by atoms with Gasteiger partial charge in [-0.3, -0.25) is 0 Å². The summed E-state index contributed by atoms with van der Waals surface area (Å²) in [5.74, 6) is 0. The van der Waals surface area contributed by atoms with Crippen LogP contribution in [0.1, 0.15) is 84.5 Å². The summed E-state index contributed by atoms with van der Waals surface area (Å²) in [5.41, 5.74) is 2.91. The third kappa shape index (κ3) is 6.06. The van der Waals surface area contributed by atoms with Crippen molar-refractivity contribution in [1.82, 2.24) is 15.0 Å². The fourth-order valence-electron chi connectivity index (χ4n) is 2.47. The van der Waals surface area contributed by atoms with Crippen LogP contribution in [0.2, 0.25) is 0 Å². The monoisotopic (exact) mass is 279 g/mol. The van der Waals surface area contributed by atoms with E-state index in [0.29, 0.717) is 5.41 Å². The highest BCUT2D eigenvalue weighted by Gasteiger charge is 2.19. The lowest BCUT2D eigenvalue weighted by atomic mass is 9.89. The van der Waals surface area contributed by atoms with Crippen molar-refractivity contribution in [3.8, 4) is 0 Å². The molecule has 0 saturated carbocycles. The number of rotatable bonds is 9. The highest BCUT2D eigenvalue weighted by Crippen LogP contribution is 2.23. The van der Waals surface area contributed by atoms with E-state index in [1.165, 1.54) is 49.9 Å². The molecular weight excluding hydrogens is 246 g/mol. The topological polar surface area (TPSA) is 30.7 Å². The molecule has 20 heavy (non-hydrogen) atoms. The van der Waals surface area contributed by atoms with Gasteiger partial charge >= 0.3 is 0 Å². The first kappa shape index (κ1) is 17.2. The molecule has 0 bridgehead atoms. The fourth-order valence-corrected chi connectivity index (χ4v) is 2.47. The van der Waals surface area contributed by atoms with Crippen molar-refractivity contribution in [2.45, 2.75) is 92.5 Å². The number of aromatic nitrogens is 3. The Bertz CT molecular complexity index is 374. The van der Waals surface area contributed by atoms with Crippen LogP contribution in [-0.2, 0) is 19.4 Å². The molecule has 0 aliphatic rings. The number of hydrogen-bond acceptors (Lipinski definition) is 2. The van der Waals surface area contributed by atoms with Crippen LogP contribution in [0, 0.1) is 5.41 Å². The first-order chi connectivity index (χ1) is 9.48. The normalized spacial score (nSPS) is 12.1. The zero-order valence-electron chi connectivity index (χ0n) is 14.2. The minimum absolute atomic E-state index is 0.295. The lowest BCUT2D eigenvalue weighted by Gasteiger charge is -2.19. The van der Waals surface area contributed by atoms with Gasteiger partial charge in [0.2, 0.25) is 0 Å². The van der Waals surface area contributed by atoms with Gasteiger partial charge < -0.3 is 0 Å². The van der Waals surface area contributed by atoms with Crippen molar-refractivity contribution < 1.29 is 0 Å². The minimum Gasteiger partial charge on any atom is -0.249 e. The Balaban J connectivity index is 2.73. The van der Waals surface area contributed by atoms with Gasteiger partial charge in [0.05, 0.1) is 11.4 Å². The molecule has 1 aromatic rings. The van der Waals surface area contributed by atoms with Crippen molar-refractivity contribution in [2.24, 2.45) is 5.41 Å². The maximum Gasteiger partial charge on any atom is 0.0859 e. The Labute approximate surface area is 125 Å². The Morgan fingerprint density at radius 2 is 1.65 bits per heavy atom. The second-order valence-corrected chi connectivity index (χ2v) is 7.11. The van der Waals surface area contributed by atoms with Gasteiger partial charge in [-0.2, -0.15) is 0 Å². The van der Waals surface area contributed by atoms with E-state index in [9.17, 15) is 0 Å². The van der Waals surface area contributed by atoms with Crippen molar-refractivity contribution in [3.05, 3.63) is 11.4 Å². The summed E-state index contributed by atoms with van der Waals surface area (Å²) in [7, 11) is 0. The van der Waals surface area contributed by atoms with Crippen LogP contribution in [0.15, 0.2) is 0 Å². The van der Waals surface area contributed by atoms with Gasteiger partial charge in [-0.05, 0) is 31.1 Å². The van der Waals surface area contributed by atoms with Crippen molar-refractivity contribution >= 4 is 0 Å². The first-order valence-electron chi connectivity index (χ1n) is 8.39. The van der Waals surface area contributed by atoms with Gasteiger partial charge in [0.25, 0.3) is 0 Å². The Kier molecular flexibility index (Phi) is 7.25.